The summed E-state index contributed by atoms with van der Waals surface area (Å²) >= 11 is 0. The van der Waals surface area contributed by atoms with Crippen LogP contribution < -0.4 is 25.9 Å². The van der Waals surface area contributed by atoms with Gasteiger partial charge in [0.05, 0.1) is 5.69 Å². The number of hydrogen-bond acceptors (Lipinski definition) is 8. The summed E-state index contributed by atoms with van der Waals surface area (Å²) < 4.78 is 5.57. The van der Waals surface area contributed by atoms with Crippen LogP contribution in [0.4, 0.5) is 11.5 Å². The van der Waals surface area contributed by atoms with Gasteiger partial charge in [-0.1, -0.05) is 49.9 Å². The molecule has 0 radical (unpaired) electrons. The highest BCUT2D eigenvalue weighted by Gasteiger charge is 2.30. The van der Waals surface area contributed by atoms with E-state index in [2.05, 4.69) is 70.5 Å². The molecule has 0 unspecified atom stereocenters. The van der Waals surface area contributed by atoms with E-state index in [0.29, 0.717) is 17.0 Å². The maximum absolute atomic E-state index is 11.7. The second-order valence-electron chi connectivity index (χ2n) is 11.7. The van der Waals surface area contributed by atoms with Gasteiger partial charge in [0, 0.05) is 56.6 Å². The minimum atomic E-state index is -1.28. The van der Waals surface area contributed by atoms with Gasteiger partial charge in [-0.3, -0.25) is 4.79 Å². The summed E-state index contributed by atoms with van der Waals surface area (Å²) in [7, 11) is 3.73. The number of aromatic amines is 1. The number of H-pyrrole nitrogens is 1. The molecule has 47 heavy (non-hydrogen) atoms. The molecule has 10 heteroatoms. The summed E-state index contributed by atoms with van der Waals surface area (Å²) in [5, 5.41) is 21.6. The maximum atomic E-state index is 11.7. The highest BCUT2D eigenvalue weighted by Crippen LogP contribution is 2.31. The summed E-state index contributed by atoms with van der Waals surface area (Å²) in [4.78, 5) is 35.0. The Labute approximate surface area is 273 Å². The summed E-state index contributed by atoms with van der Waals surface area (Å²) in [6, 6.07) is 27.5. The Morgan fingerprint density at radius 1 is 1.00 bits per heavy atom. The zero-order valence-corrected chi connectivity index (χ0v) is 25.7. The molecule has 0 bridgehead atoms. The number of nitrogens with two attached hydrogens (primary N) is 1. The minimum Gasteiger partial charge on any atom is -0.501 e. The molecule has 1 aliphatic carbocycles. The Hall–Kier alpha value is -5.48. The molecule has 1 fully saturated rings. The van der Waals surface area contributed by atoms with Crippen molar-refractivity contribution in [3.8, 4) is 28.5 Å². The molecule has 0 spiro atoms. The molecule has 1 aromatic heterocycles. The zero-order valence-electron chi connectivity index (χ0n) is 25.7. The first-order chi connectivity index (χ1) is 22.2. The fraction of sp³-hybridized carbons (Fsp3) is 0.243. The number of carboxylic acids is 1. The van der Waals surface area contributed by atoms with Crippen LogP contribution in [0.15, 0.2) is 94.1 Å². The lowest BCUT2D eigenvalue weighted by Gasteiger charge is -2.32. The molecule has 3 aliphatic rings. The number of aromatic hydroxyl groups is 1. The van der Waals surface area contributed by atoms with Crippen molar-refractivity contribution in [2.45, 2.75) is 20.3 Å². The maximum Gasteiger partial charge on any atom is 0.342 e. The van der Waals surface area contributed by atoms with E-state index in [9.17, 15) is 19.8 Å². The van der Waals surface area contributed by atoms with Crippen LogP contribution in [-0.4, -0.2) is 54.9 Å². The molecular weight excluding hydrogens is 594 g/mol. The van der Waals surface area contributed by atoms with Gasteiger partial charge in [0.15, 0.2) is 0 Å². The van der Waals surface area contributed by atoms with Crippen molar-refractivity contribution in [1.29, 1.82) is 0 Å². The SMILES string of the molecule is C.CN(C)c1ccc2[nH+]c3c(C(=O)O)cc(=O)c(O)c-3oc2c1.NCC1CCN(c2cccc(-c3ccc4ccccc4c3)n2)CC1. The molecule has 5 N–H and O–H groups in total. The third-order valence-electron chi connectivity index (χ3n) is 8.46. The fourth-order valence-electron chi connectivity index (χ4n) is 5.74. The number of fused-ring (bicyclic) bond motifs is 3. The van der Waals surface area contributed by atoms with Crippen molar-refractivity contribution in [1.82, 2.24) is 4.98 Å². The van der Waals surface area contributed by atoms with Crippen LogP contribution in [0.5, 0.6) is 5.75 Å². The van der Waals surface area contributed by atoms with Crippen molar-refractivity contribution >= 4 is 39.3 Å². The van der Waals surface area contributed by atoms with Crippen molar-refractivity contribution in [3.63, 3.8) is 0 Å². The monoisotopic (exact) mass is 634 g/mol. The van der Waals surface area contributed by atoms with Crippen molar-refractivity contribution < 1.29 is 24.4 Å². The number of piperidine rings is 1. The van der Waals surface area contributed by atoms with Crippen LogP contribution in [0.2, 0.25) is 0 Å². The lowest BCUT2D eigenvalue weighted by Crippen LogP contribution is -2.36. The number of anilines is 2. The number of hydrogen-bond donors (Lipinski definition) is 3. The van der Waals surface area contributed by atoms with Gasteiger partial charge in [-0.15, -0.1) is 0 Å². The third kappa shape index (κ3) is 6.87. The van der Waals surface area contributed by atoms with E-state index >= 15 is 0 Å². The van der Waals surface area contributed by atoms with Gasteiger partial charge < -0.3 is 30.2 Å². The molecular formula is C37H40N5O5+. The number of nitrogens with one attached hydrogen (secondary N) is 1. The highest BCUT2D eigenvalue weighted by atomic mass is 16.4. The van der Waals surface area contributed by atoms with Crippen molar-refractivity contribution in [3.05, 3.63) is 101 Å². The first-order valence-corrected chi connectivity index (χ1v) is 15.2. The Morgan fingerprint density at radius 3 is 2.45 bits per heavy atom. The number of benzene rings is 4. The number of carbonyl (C=O) groups is 1. The Morgan fingerprint density at radius 2 is 1.74 bits per heavy atom. The summed E-state index contributed by atoms with van der Waals surface area (Å²) in [5.74, 6) is -0.319. The van der Waals surface area contributed by atoms with Crippen LogP contribution in [0.1, 0.15) is 30.6 Å². The predicted octanol–water partition coefficient (Wildman–Crippen LogP) is 5.89. The topological polar surface area (TPSA) is 147 Å². The quantitative estimate of drug-likeness (QED) is 0.197. The van der Waals surface area contributed by atoms with Gasteiger partial charge in [0.2, 0.25) is 28.0 Å². The van der Waals surface area contributed by atoms with Gasteiger partial charge in [-0.05, 0) is 60.3 Å². The molecule has 1 saturated heterocycles. The number of aromatic carboxylic acids is 1. The number of aromatic nitrogens is 2. The lowest BCUT2D eigenvalue weighted by atomic mass is 9.97. The summed E-state index contributed by atoms with van der Waals surface area (Å²) in [6.07, 6.45) is 2.33. The number of phenolic OH excluding ortho intramolecular Hbond substituents is 1. The normalized spacial score (nSPS) is 13.2. The number of nitrogens with zero attached hydrogens (tertiary/aromatic N) is 3. The Bertz CT molecular complexity index is 2070. The molecule has 0 amide bonds. The second kappa shape index (κ2) is 13.9. The van der Waals surface area contributed by atoms with Crippen LogP contribution in [-0.2, 0) is 0 Å². The minimum absolute atomic E-state index is 0. The molecule has 3 aromatic carbocycles. The third-order valence-corrected chi connectivity index (χ3v) is 8.46. The average Bonchev–Trinajstić information content (AvgIpc) is 3.09. The van der Waals surface area contributed by atoms with Crippen molar-refractivity contribution in [2.24, 2.45) is 11.7 Å². The molecule has 2 aliphatic heterocycles. The van der Waals surface area contributed by atoms with E-state index < -0.39 is 17.1 Å². The Balaban J connectivity index is 0.000000181. The summed E-state index contributed by atoms with van der Waals surface area (Å²) in [5.41, 5.74) is 8.84. The van der Waals surface area contributed by atoms with Crippen LogP contribution in [0.25, 0.3) is 44.6 Å². The van der Waals surface area contributed by atoms with E-state index in [1.807, 2.05) is 25.1 Å². The zero-order chi connectivity index (χ0) is 32.4. The first kappa shape index (κ1) is 32.9. The van der Waals surface area contributed by atoms with E-state index in [1.54, 1.807) is 12.1 Å². The number of carboxylic acid groups (broad SMARTS) is 1. The standard InChI is InChI=1S/C21H23N3.C15H12N2O5.CH4/c22-15-16-10-12-24(13-11-16)21-7-3-6-20(23-21)19-9-8-17-4-1-2-5-18(17)14-19;1-17(2)7-3-4-9-11(5-7)22-14-12(16-9)8(15(20)21)6-10(18)13(14)19;/h1-9,14,16H,10-13,15,22H2;3-6,19H,1-2H3,(H,20,21);1H4/p+1. The van der Waals surface area contributed by atoms with E-state index in [4.69, 9.17) is 15.1 Å². The van der Waals surface area contributed by atoms with Crippen LogP contribution >= 0.6 is 0 Å². The van der Waals surface area contributed by atoms with Gasteiger partial charge in [-0.2, -0.15) is 4.98 Å². The Kier molecular flexibility index (Phi) is 9.72. The van der Waals surface area contributed by atoms with Gasteiger partial charge in [0.25, 0.3) is 5.69 Å². The second-order valence-corrected chi connectivity index (χ2v) is 11.7. The summed E-state index contributed by atoms with van der Waals surface area (Å²) in [6.45, 7) is 2.91. The number of rotatable bonds is 5. The molecule has 7 rings (SSSR count). The smallest absolute Gasteiger partial charge is 0.342 e. The van der Waals surface area contributed by atoms with Crippen LogP contribution in [0, 0.1) is 5.92 Å². The predicted molar refractivity (Wildman–Crippen MR) is 187 cm³/mol. The molecule has 242 valence electrons. The molecule has 3 heterocycles. The van der Waals surface area contributed by atoms with Gasteiger partial charge >= 0.3 is 5.97 Å². The van der Waals surface area contributed by atoms with Gasteiger partial charge in [0.1, 0.15) is 11.4 Å². The van der Waals surface area contributed by atoms with E-state index in [1.165, 1.54) is 29.2 Å². The van der Waals surface area contributed by atoms with Crippen LogP contribution in [0.3, 0.4) is 0 Å². The van der Waals surface area contributed by atoms with Gasteiger partial charge in [-0.25, -0.2) is 9.78 Å². The van der Waals surface area contributed by atoms with E-state index in [-0.39, 0.29) is 24.4 Å². The lowest BCUT2D eigenvalue weighted by molar-refractivity contribution is -0.334. The largest absolute Gasteiger partial charge is 0.501 e. The van der Waals surface area contributed by atoms with Crippen molar-refractivity contribution in [2.75, 3.05) is 43.5 Å². The molecule has 4 aromatic rings. The number of pyridine rings is 1. The molecule has 10 nitrogen and oxygen atoms in total. The first-order valence-electron chi connectivity index (χ1n) is 15.2. The molecule has 0 atom stereocenters. The molecule has 0 saturated carbocycles. The number of phenols is 1. The highest BCUT2D eigenvalue weighted by molar-refractivity contribution is 5.95. The van der Waals surface area contributed by atoms with E-state index in [0.717, 1.165) is 42.9 Å². The average molecular weight is 635 g/mol. The fourth-order valence-corrected chi connectivity index (χ4v) is 5.74.